The first kappa shape index (κ1) is 8.06. The summed E-state index contributed by atoms with van der Waals surface area (Å²) in [6, 6.07) is 0.877. The normalized spacial score (nSPS) is 24.0. The standard InChI is InChI=1S/C9H19N/c1-8(10(2)3)9-6-4-5-7-9/h8-9H,4-7H2,1-3H3/p+1/t8-/m0/s1. The van der Waals surface area contributed by atoms with Crippen molar-refractivity contribution in [2.75, 3.05) is 14.1 Å². The van der Waals surface area contributed by atoms with Crippen LogP contribution in [0, 0.1) is 5.92 Å². The molecule has 1 nitrogen and oxygen atoms in total. The van der Waals surface area contributed by atoms with Crippen molar-refractivity contribution in [1.29, 1.82) is 0 Å². The Kier molecular flexibility index (Phi) is 2.72. The fourth-order valence-corrected chi connectivity index (χ4v) is 1.93. The second-order valence-electron chi connectivity index (χ2n) is 3.91. The van der Waals surface area contributed by atoms with Gasteiger partial charge in [-0.15, -0.1) is 0 Å². The molecule has 1 heteroatoms. The average molecular weight is 142 g/mol. The molecule has 0 heterocycles. The first-order chi connectivity index (χ1) is 4.72. The van der Waals surface area contributed by atoms with Crippen LogP contribution in [0.4, 0.5) is 0 Å². The summed E-state index contributed by atoms with van der Waals surface area (Å²) in [5, 5.41) is 0. The minimum atomic E-state index is 0.877. The van der Waals surface area contributed by atoms with Crippen LogP contribution in [-0.4, -0.2) is 20.1 Å². The summed E-state index contributed by atoms with van der Waals surface area (Å²) in [5.41, 5.74) is 0. The van der Waals surface area contributed by atoms with Gasteiger partial charge in [-0.2, -0.15) is 0 Å². The number of hydrogen-bond acceptors (Lipinski definition) is 0. The SMILES string of the molecule is C[C@@H](C1CCCC1)[NH+](C)C. The predicted octanol–water partition coefficient (Wildman–Crippen LogP) is 0.710. The molecule has 0 aromatic carbocycles. The Morgan fingerprint density at radius 3 is 2.10 bits per heavy atom. The van der Waals surface area contributed by atoms with E-state index in [0.29, 0.717) is 0 Å². The first-order valence-electron chi connectivity index (χ1n) is 4.52. The molecule has 1 rings (SSSR count). The van der Waals surface area contributed by atoms with E-state index >= 15 is 0 Å². The molecule has 1 aliphatic carbocycles. The average Bonchev–Trinajstić information content (AvgIpc) is 2.36. The molecule has 0 aliphatic heterocycles. The maximum absolute atomic E-state index is 2.38. The van der Waals surface area contributed by atoms with Gasteiger partial charge in [0.25, 0.3) is 0 Å². The Bertz CT molecular complexity index is 92.9. The van der Waals surface area contributed by atoms with Gasteiger partial charge in [0.2, 0.25) is 0 Å². The van der Waals surface area contributed by atoms with Crippen LogP contribution in [0.1, 0.15) is 32.6 Å². The van der Waals surface area contributed by atoms with Crippen molar-refractivity contribution < 1.29 is 4.90 Å². The quantitative estimate of drug-likeness (QED) is 0.579. The molecule has 0 aromatic rings. The van der Waals surface area contributed by atoms with Crippen molar-refractivity contribution >= 4 is 0 Å². The van der Waals surface area contributed by atoms with E-state index in [1.807, 2.05) is 0 Å². The highest BCUT2D eigenvalue weighted by Gasteiger charge is 2.24. The lowest BCUT2D eigenvalue weighted by atomic mass is 9.99. The fourth-order valence-electron chi connectivity index (χ4n) is 1.93. The zero-order valence-electron chi connectivity index (χ0n) is 7.48. The summed E-state index contributed by atoms with van der Waals surface area (Å²) in [5.74, 6) is 1.02. The Morgan fingerprint density at radius 1 is 1.20 bits per heavy atom. The summed E-state index contributed by atoms with van der Waals surface area (Å²) in [6.07, 6.45) is 5.91. The summed E-state index contributed by atoms with van der Waals surface area (Å²) >= 11 is 0. The smallest absolute Gasteiger partial charge is 0.0870 e. The molecule has 0 aromatic heterocycles. The van der Waals surface area contributed by atoms with Crippen molar-refractivity contribution in [3.05, 3.63) is 0 Å². The Labute approximate surface area is 64.4 Å². The van der Waals surface area contributed by atoms with E-state index in [9.17, 15) is 0 Å². The maximum atomic E-state index is 2.38. The minimum Gasteiger partial charge on any atom is -0.337 e. The highest BCUT2D eigenvalue weighted by atomic mass is 15.1. The third kappa shape index (κ3) is 1.72. The van der Waals surface area contributed by atoms with Gasteiger partial charge in [0.1, 0.15) is 0 Å². The molecule has 0 spiro atoms. The number of quaternary nitrogens is 1. The molecule has 10 heavy (non-hydrogen) atoms. The Morgan fingerprint density at radius 2 is 1.70 bits per heavy atom. The molecule has 1 atom stereocenters. The molecular formula is C9H20N+. The van der Waals surface area contributed by atoms with E-state index in [2.05, 4.69) is 21.0 Å². The van der Waals surface area contributed by atoms with Crippen LogP contribution in [0.3, 0.4) is 0 Å². The van der Waals surface area contributed by atoms with Gasteiger partial charge in [-0.3, -0.25) is 0 Å². The van der Waals surface area contributed by atoms with E-state index in [-0.39, 0.29) is 0 Å². The topological polar surface area (TPSA) is 4.44 Å². The van der Waals surface area contributed by atoms with Crippen molar-refractivity contribution in [1.82, 2.24) is 0 Å². The van der Waals surface area contributed by atoms with Crippen molar-refractivity contribution in [3.63, 3.8) is 0 Å². The maximum Gasteiger partial charge on any atom is 0.0870 e. The van der Waals surface area contributed by atoms with Crippen LogP contribution in [0.5, 0.6) is 0 Å². The summed E-state index contributed by atoms with van der Waals surface area (Å²) < 4.78 is 0. The van der Waals surface area contributed by atoms with E-state index in [1.54, 1.807) is 4.90 Å². The van der Waals surface area contributed by atoms with Crippen LogP contribution >= 0.6 is 0 Å². The van der Waals surface area contributed by atoms with Gasteiger partial charge in [-0.25, -0.2) is 0 Å². The second kappa shape index (κ2) is 3.38. The molecule has 1 saturated carbocycles. The monoisotopic (exact) mass is 142 g/mol. The molecule has 1 N–H and O–H groups in total. The van der Waals surface area contributed by atoms with Gasteiger partial charge >= 0.3 is 0 Å². The Balaban J connectivity index is 2.32. The lowest BCUT2D eigenvalue weighted by Crippen LogP contribution is -3.10. The second-order valence-corrected chi connectivity index (χ2v) is 3.91. The molecular weight excluding hydrogens is 122 g/mol. The summed E-state index contributed by atoms with van der Waals surface area (Å²) in [7, 11) is 4.53. The summed E-state index contributed by atoms with van der Waals surface area (Å²) in [4.78, 5) is 1.62. The van der Waals surface area contributed by atoms with Gasteiger partial charge < -0.3 is 4.90 Å². The minimum absolute atomic E-state index is 0.877. The van der Waals surface area contributed by atoms with E-state index in [4.69, 9.17) is 0 Å². The third-order valence-corrected chi connectivity index (χ3v) is 3.02. The van der Waals surface area contributed by atoms with Crippen molar-refractivity contribution in [3.8, 4) is 0 Å². The number of rotatable bonds is 2. The molecule has 0 amide bonds. The molecule has 0 unspecified atom stereocenters. The van der Waals surface area contributed by atoms with Crippen LogP contribution < -0.4 is 4.90 Å². The first-order valence-corrected chi connectivity index (χ1v) is 4.52. The van der Waals surface area contributed by atoms with Gasteiger partial charge in [-0.05, 0) is 19.8 Å². The van der Waals surface area contributed by atoms with Gasteiger partial charge in [0.05, 0.1) is 20.1 Å². The molecule has 0 radical (unpaired) electrons. The van der Waals surface area contributed by atoms with E-state index in [0.717, 1.165) is 12.0 Å². The fraction of sp³-hybridized carbons (Fsp3) is 1.00. The molecule has 60 valence electrons. The van der Waals surface area contributed by atoms with Gasteiger partial charge in [0.15, 0.2) is 0 Å². The van der Waals surface area contributed by atoms with Gasteiger partial charge in [0, 0.05) is 5.92 Å². The van der Waals surface area contributed by atoms with Gasteiger partial charge in [-0.1, -0.05) is 12.8 Å². The van der Waals surface area contributed by atoms with E-state index in [1.165, 1.54) is 25.7 Å². The summed E-state index contributed by atoms with van der Waals surface area (Å²) in [6.45, 7) is 2.38. The third-order valence-electron chi connectivity index (χ3n) is 3.02. The highest BCUT2D eigenvalue weighted by molar-refractivity contribution is 4.71. The number of nitrogens with one attached hydrogen (secondary N) is 1. The Hall–Kier alpha value is -0.0400. The lowest BCUT2D eigenvalue weighted by Gasteiger charge is -2.22. The predicted molar refractivity (Wildman–Crippen MR) is 44.2 cm³/mol. The van der Waals surface area contributed by atoms with E-state index < -0.39 is 0 Å². The van der Waals surface area contributed by atoms with Crippen LogP contribution in [0.2, 0.25) is 0 Å². The molecule has 1 fully saturated rings. The number of hydrogen-bond donors (Lipinski definition) is 1. The van der Waals surface area contributed by atoms with Crippen molar-refractivity contribution in [2.45, 2.75) is 38.6 Å². The van der Waals surface area contributed by atoms with Crippen molar-refractivity contribution in [2.24, 2.45) is 5.92 Å². The van der Waals surface area contributed by atoms with Crippen LogP contribution in [0.15, 0.2) is 0 Å². The zero-order valence-corrected chi connectivity index (χ0v) is 7.48. The largest absolute Gasteiger partial charge is 0.337 e. The van der Waals surface area contributed by atoms with Crippen LogP contribution in [-0.2, 0) is 0 Å². The molecule has 0 saturated heterocycles. The van der Waals surface area contributed by atoms with Crippen LogP contribution in [0.25, 0.3) is 0 Å². The molecule has 1 aliphatic rings. The highest BCUT2D eigenvalue weighted by Crippen LogP contribution is 2.26. The lowest BCUT2D eigenvalue weighted by molar-refractivity contribution is -0.887. The molecule has 0 bridgehead atoms. The zero-order chi connectivity index (χ0) is 7.56.